The number of hydrogen-bond acceptors (Lipinski definition) is 4. The third kappa shape index (κ3) is 6.00. The molecule has 162 valence electrons. The highest BCUT2D eigenvalue weighted by molar-refractivity contribution is 7.98. The van der Waals surface area contributed by atoms with Crippen LogP contribution in [0.2, 0.25) is 10.0 Å². The Labute approximate surface area is 193 Å². The van der Waals surface area contributed by atoms with Crippen molar-refractivity contribution >= 4 is 52.5 Å². The van der Waals surface area contributed by atoms with Crippen LogP contribution in [0.1, 0.15) is 16.8 Å². The van der Waals surface area contributed by atoms with Gasteiger partial charge in [-0.15, -0.1) is 0 Å². The number of aromatic nitrogens is 2. The van der Waals surface area contributed by atoms with Crippen LogP contribution >= 0.6 is 35.0 Å². The first-order valence-corrected chi connectivity index (χ1v) is 11.4. The number of thioether (sulfide) groups is 1. The molecule has 0 aliphatic rings. The second-order valence-electron chi connectivity index (χ2n) is 6.54. The number of benzene rings is 2. The van der Waals surface area contributed by atoms with E-state index in [2.05, 4.69) is 15.7 Å². The average Bonchev–Trinajstić information content (AvgIpc) is 3.25. The maximum Gasteiger partial charge on any atom is 0.253 e. The fourth-order valence-electron chi connectivity index (χ4n) is 2.83. The molecule has 0 saturated heterocycles. The molecule has 1 heterocycles. The molecule has 2 N–H and O–H groups in total. The molecule has 0 radical (unpaired) electrons. The largest absolute Gasteiger partial charge is 0.340 e. The van der Waals surface area contributed by atoms with Gasteiger partial charge in [-0.05, 0) is 60.9 Å². The maximum absolute atomic E-state index is 14.5. The lowest BCUT2D eigenvalue weighted by Crippen LogP contribution is -2.44. The number of anilines is 1. The molecule has 0 fully saturated rings. The molecule has 0 aliphatic heterocycles. The number of nitrogens with zero attached hydrogens (tertiary/aromatic N) is 2. The first kappa shape index (κ1) is 23.1. The van der Waals surface area contributed by atoms with Gasteiger partial charge in [0, 0.05) is 23.1 Å². The summed E-state index contributed by atoms with van der Waals surface area (Å²) < 4.78 is 15.9. The van der Waals surface area contributed by atoms with Crippen molar-refractivity contribution in [3.05, 3.63) is 76.3 Å². The summed E-state index contributed by atoms with van der Waals surface area (Å²) in [6, 6.07) is 9.64. The van der Waals surface area contributed by atoms with E-state index in [9.17, 15) is 14.0 Å². The Hall–Kier alpha value is -2.55. The molecule has 0 saturated carbocycles. The van der Waals surface area contributed by atoms with E-state index in [-0.39, 0.29) is 22.0 Å². The van der Waals surface area contributed by atoms with Gasteiger partial charge in [-0.3, -0.25) is 9.59 Å². The van der Waals surface area contributed by atoms with Crippen molar-refractivity contribution in [3.8, 4) is 5.69 Å². The third-order valence-electron chi connectivity index (χ3n) is 4.37. The van der Waals surface area contributed by atoms with Crippen molar-refractivity contribution in [2.24, 2.45) is 0 Å². The first-order chi connectivity index (χ1) is 14.9. The normalized spacial score (nSPS) is 11.7. The van der Waals surface area contributed by atoms with Gasteiger partial charge in [-0.1, -0.05) is 23.2 Å². The van der Waals surface area contributed by atoms with E-state index < -0.39 is 23.7 Å². The van der Waals surface area contributed by atoms with Crippen LogP contribution in [0, 0.1) is 5.82 Å². The number of amides is 2. The van der Waals surface area contributed by atoms with Crippen LogP contribution in [0.4, 0.5) is 10.1 Å². The van der Waals surface area contributed by atoms with E-state index in [1.54, 1.807) is 42.4 Å². The molecule has 1 unspecified atom stereocenters. The van der Waals surface area contributed by atoms with Crippen molar-refractivity contribution in [1.29, 1.82) is 0 Å². The summed E-state index contributed by atoms with van der Waals surface area (Å²) in [6.07, 6.45) is 5.45. The number of rotatable bonds is 8. The van der Waals surface area contributed by atoms with Gasteiger partial charge >= 0.3 is 0 Å². The quantitative estimate of drug-likeness (QED) is 0.484. The summed E-state index contributed by atoms with van der Waals surface area (Å²) in [5, 5.41) is 9.94. The molecule has 2 amide bonds. The summed E-state index contributed by atoms with van der Waals surface area (Å²) in [4.78, 5) is 25.5. The number of carbonyl (C=O) groups is 2. The molecule has 3 rings (SSSR count). The van der Waals surface area contributed by atoms with Crippen molar-refractivity contribution in [2.75, 3.05) is 17.3 Å². The molecular weight excluding hydrogens is 462 g/mol. The second kappa shape index (κ2) is 10.7. The van der Waals surface area contributed by atoms with E-state index in [0.29, 0.717) is 17.2 Å². The van der Waals surface area contributed by atoms with E-state index in [1.165, 1.54) is 28.9 Å². The standard InChI is InChI=1S/C21H19Cl2FN4O2S/c1-31-10-7-18(27-20(29)15-5-3-13(22)11-16(15)23)21(30)26-14-4-6-19(17(24)12-14)28-9-2-8-25-28/h2-6,8-9,11-12,18H,7,10H2,1H3,(H,26,30)(H,27,29). The zero-order chi connectivity index (χ0) is 22.4. The molecule has 6 nitrogen and oxygen atoms in total. The Morgan fingerprint density at radius 2 is 2.03 bits per heavy atom. The van der Waals surface area contributed by atoms with Gasteiger partial charge in [0.15, 0.2) is 5.82 Å². The van der Waals surface area contributed by atoms with E-state index in [1.807, 2.05) is 6.26 Å². The van der Waals surface area contributed by atoms with Gasteiger partial charge < -0.3 is 10.6 Å². The number of hydrogen-bond donors (Lipinski definition) is 2. The minimum Gasteiger partial charge on any atom is -0.340 e. The summed E-state index contributed by atoms with van der Waals surface area (Å²) in [6.45, 7) is 0. The molecule has 3 aromatic rings. The van der Waals surface area contributed by atoms with Gasteiger partial charge in [-0.25, -0.2) is 9.07 Å². The highest BCUT2D eigenvalue weighted by Gasteiger charge is 2.23. The molecule has 1 aromatic heterocycles. The molecule has 10 heteroatoms. The summed E-state index contributed by atoms with van der Waals surface area (Å²) in [7, 11) is 0. The fraction of sp³-hybridized carbons (Fsp3) is 0.190. The zero-order valence-corrected chi connectivity index (χ0v) is 18.8. The minimum atomic E-state index is -0.833. The van der Waals surface area contributed by atoms with Crippen LogP contribution in [0.15, 0.2) is 54.9 Å². The van der Waals surface area contributed by atoms with Crippen LogP contribution in [0.5, 0.6) is 0 Å². The van der Waals surface area contributed by atoms with Crippen LogP contribution in [-0.4, -0.2) is 39.6 Å². The Kier molecular flexibility index (Phi) is 7.95. The van der Waals surface area contributed by atoms with Crippen molar-refractivity contribution in [1.82, 2.24) is 15.1 Å². The zero-order valence-electron chi connectivity index (χ0n) is 16.4. The molecule has 31 heavy (non-hydrogen) atoms. The Morgan fingerprint density at radius 3 is 2.68 bits per heavy atom. The fourth-order valence-corrected chi connectivity index (χ4v) is 3.79. The van der Waals surface area contributed by atoms with Crippen LogP contribution < -0.4 is 10.6 Å². The summed E-state index contributed by atoms with van der Waals surface area (Å²) in [5.41, 5.74) is 0.738. The lowest BCUT2D eigenvalue weighted by molar-refractivity contribution is -0.118. The van der Waals surface area contributed by atoms with Gasteiger partial charge in [0.2, 0.25) is 5.91 Å². The highest BCUT2D eigenvalue weighted by atomic mass is 35.5. The second-order valence-corrected chi connectivity index (χ2v) is 8.37. The average molecular weight is 481 g/mol. The van der Waals surface area contributed by atoms with Crippen molar-refractivity contribution in [3.63, 3.8) is 0 Å². The van der Waals surface area contributed by atoms with Crippen LogP contribution in [0.25, 0.3) is 5.69 Å². The SMILES string of the molecule is CSCCC(NC(=O)c1ccc(Cl)cc1Cl)C(=O)Nc1ccc(-n2cccn2)c(F)c1. The molecule has 0 spiro atoms. The van der Waals surface area contributed by atoms with Gasteiger partial charge in [0.25, 0.3) is 5.91 Å². The highest BCUT2D eigenvalue weighted by Crippen LogP contribution is 2.22. The lowest BCUT2D eigenvalue weighted by atomic mass is 10.1. The topological polar surface area (TPSA) is 76.0 Å². The number of carbonyl (C=O) groups excluding carboxylic acids is 2. The molecule has 0 bridgehead atoms. The molecule has 2 aromatic carbocycles. The van der Waals surface area contributed by atoms with Crippen molar-refractivity contribution in [2.45, 2.75) is 12.5 Å². The Morgan fingerprint density at radius 1 is 1.23 bits per heavy atom. The number of nitrogens with one attached hydrogen (secondary N) is 2. The summed E-state index contributed by atoms with van der Waals surface area (Å²) in [5.74, 6) is -0.861. The maximum atomic E-state index is 14.5. The van der Waals surface area contributed by atoms with Gasteiger partial charge in [0.1, 0.15) is 11.7 Å². The Bertz CT molecular complexity index is 1080. The molecule has 1 atom stereocenters. The van der Waals surface area contributed by atoms with Crippen molar-refractivity contribution < 1.29 is 14.0 Å². The van der Waals surface area contributed by atoms with Gasteiger partial charge in [0.05, 0.1) is 10.6 Å². The van der Waals surface area contributed by atoms with E-state index in [0.717, 1.165) is 0 Å². The molecule has 0 aliphatic carbocycles. The van der Waals surface area contributed by atoms with Gasteiger partial charge in [-0.2, -0.15) is 16.9 Å². The third-order valence-corrected chi connectivity index (χ3v) is 5.57. The van der Waals surface area contributed by atoms with Crippen LogP contribution in [0.3, 0.4) is 0 Å². The van der Waals surface area contributed by atoms with E-state index in [4.69, 9.17) is 23.2 Å². The predicted molar refractivity (Wildman–Crippen MR) is 123 cm³/mol. The van der Waals surface area contributed by atoms with E-state index >= 15 is 0 Å². The smallest absolute Gasteiger partial charge is 0.253 e. The monoisotopic (exact) mass is 480 g/mol. The lowest BCUT2D eigenvalue weighted by Gasteiger charge is -2.19. The summed E-state index contributed by atoms with van der Waals surface area (Å²) >= 11 is 13.5. The minimum absolute atomic E-state index is 0.185. The Balaban J connectivity index is 1.73. The molecular formula is C21H19Cl2FN4O2S. The first-order valence-electron chi connectivity index (χ1n) is 9.24. The number of halogens is 3. The predicted octanol–water partition coefficient (Wildman–Crippen LogP) is 4.81. The van der Waals surface area contributed by atoms with Crippen LogP contribution in [-0.2, 0) is 4.79 Å².